The lowest BCUT2D eigenvalue weighted by atomic mass is 10.1. The Balaban J connectivity index is 0. The molecular weight excluding hydrogens is 216 g/mol. The van der Waals surface area contributed by atoms with E-state index in [9.17, 15) is 4.79 Å². The maximum atomic E-state index is 10.0. The first-order valence-corrected chi connectivity index (χ1v) is 5.50. The van der Waals surface area contributed by atoms with Crippen molar-refractivity contribution in [3.63, 3.8) is 0 Å². The second-order valence-electron chi connectivity index (χ2n) is 3.20. The van der Waals surface area contributed by atoms with Gasteiger partial charge in [-0.3, -0.25) is 13.9 Å². The third-order valence-electron chi connectivity index (χ3n) is 1.44. The monoisotopic (exact) mass is 234 g/mol. The Morgan fingerprint density at radius 3 is 2.07 bits per heavy atom. The van der Waals surface area contributed by atoms with Gasteiger partial charge in [0.15, 0.2) is 0 Å². The fourth-order valence-corrected chi connectivity index (χ4v) is 0.788. The standard InChI is InChI=1S/C10H16O.H2O3S/c1-9(2)5-4-6-10(3)7-8-11;1-4(2)3/h5,7-8H,4,6H2,1-3H3;(H2,1,2,3). The highest BCUT2D eigenvalue weighted by atomic mass is 32.2. The van der Waals surface area contributed by atoms with Gasteiger partial charge >= 0.3 is 0 Å². The van der Waals surface area contributed by atoms with Gasteiger partial charge in [-0.2, -0.15) is 4.21 Å². The van der Waals surface area contributed by atoms with Gasteiger partial charge in [0.25, 0.3) is 11.4 Å². The second kappa shape index (κ2) is 11.3. The second-order valence-corrected chi connectivity index (χ2v) is 3.66. The Morgan fingerprint density at radius 2 is 1.73 bits per heavy atom. The number of carbonyl (C=O) groups excluding carboxylic acids is 1. The van der Waals surface area contributed by atoms with Gasteiger partial charge in [0.1, 0.15) is 6.29 Å². The summed E-state index contributed by atoms with van der Waals surface area (Å²) < 4.78 is 22.8. The van der Waals surface area contributed by atoms with E-state index in [0.29, 0.717) is 0 Å². The lowest BCUT2D eigenvalue weighted by Crippen LogP contribution is -1.77. The minimum Gasteiger partial charge on any atom is -0.299 e. The number of hydrogen-bond donors (Lipinski definition) is 2. The van der Waals surface area contributed by atoms with Crippen LogP contribution in [-0.2, 0) is 16.2 Å². The van der Waals surface area contributed by atoms with Crippen molar-refractivity contribution in [2.75, 3.05) is 0 Å². The average Bonchev–Trinajstić information content (AvgIpc) is 2.02. The third-order valence-corrected chi connectivity index (χ3v) is 1.44. The van der Waals surface area contributed by atoms with Crippen LogP contribution < -0.4 is 0 Å². The van der Waals surface area contributed by atoms with Crippen LogP contribution in [0.2, 0.25) is 0 Å². The van der Waals surface area contributed by atoms with Crippen LogP contribution in [0.1, 0.15) is 33.6 Å². The fourth-order valence-electron chi connectivity index (χ4n) is 0.788. The topological polar surface area (TPSA) is 74.6 Å². The van der Waals surface area contributed by atoms with Gasteiger partial charge in [0.2, 0.25) is 0 Å². The molecule has 0 rings (SSSR count). The Bertz CT molecular complexity index is 248. The molecule has 0 atom stereocenters. The maximum absolute atomic E-state index is 10.0. The van der Waals surface area contributed by atoms with Crippen molar-refractivity contribution in [1.29, 1.82) is 0 Å². The highest BCUT2D eigenvalue weighted by molar-refractivity contribution is 7.73. The number of hydrogen-bond acceptors (Lipinski definition) is 2. The summed E-state index contributed by atoms with van der Waals surface area (Å²) in [6, 6.07) is 0. The van der Waals surface area contributed by atoms with Gasteiger partial charge in [0, 0.05) is 0 Å². The number of allylic oxidation sites excluding steroid dienone is 4. The predicted octanol–water partition coefficient (Wildman–Crippen LogP) is 2.56. The predicted molar refractivity (Wildman–Crippen MR) is 61.9 cm³/mol. The molecule has 0 spiro atoms. The molecule has 0 aliphatic rings. The molecule has 0 radical (unpaired) electrons. The van der Waals surface area contributed by atoms with Crippen LogP contribution in [0.4, 0.5) is 0 Å². The van der Waals surface area contributed by atoms with Crippen LogP contribution in [0.15, 0.2) is 23.3 Å². The molecular formula is C10H18O4S. The molecule has 0 aromatic rings. The summed E-state index contributed by atoms with van der Waals surface area (Å²) in [6.45, 7) is 6.14. The van der Waals surface area contributed by atoms with E-state index in [2.05, 4.69) is 19.9 Å². The average molecular weight is 234 g/mol. The zero-order valence-corrected chi connectivity index (χ0v) is 10.1. The smallest absolute Gasteiger partial charge is 0.299 e. The Kier molecular flexibility index (Phi) is 12.5. The first-order chi connectivity index (χ1) is 6.90. The summed E-state index contributed by atoms with van der Waals surface area (Å²) in [7, 11) is 0. The van der Waals surface area contributed by atoms with Crippen LogP contribution >= 0.6 is 0 Å². The lowest BCUT2D eigenvalue weighted by Gasteiger charge is -1.94. The van der Waals surface area contributed by atoms with Crippen LogP contribution in [-0.4, -0.2) is 19.6 Å². The molecule has 0 amide bonds. The summed E-state index contributed by atoms with van der Waals surface area (Å²) >= 11 is -2.61. The molecule has 0 saturated heterocycles. The summed E-state index contributed by atoms with van der Waals surface area (Å²) in [6.07, 6.45) is 6.68. The van der Waals surface area contributed by atoms with Gasteiger partial charge in [-0.25, -0.2) is 0 Å². The van der Waals surface area contributed by atoms with E-state index in [1.165, 1.54) is 5.57 Å². The van der Waals surface area contributed by atoms with Crippen LogP contribution in [0.3, 0.4) is 0 Å². The van der Waals surface area contributed by atoms with Crippen molar-refractivity contribution in [3.05, 3.63) is 23.3 Å². The quantitative estimate of drug-likeness (QED) is 0.339. The van der Waals surface area contributed by atoms with Gasteiger partial charge in [-0.1, -0.05) is 17.2 Å². The van der Waals surface area contributed by atoms with Crippen molar-refractivity contribution < 1.29 is 18.1 Å². The highest BCUT2D eigenvalue weighted by Crippen LogP contribution is 2.05. The first-order valence-electron chi connectivity index (χ1n) is 4.44. The first kappa shape index (κ1) is 16.6. The van der Waals surface area contributed by atoms with Crippen molar-refractivity contribution in [1.82, 2.24) is 0 Å². The van der Waals surface area contributed by atoms with E-state index in [4.69, 9.17) is 13.3 Å². The zero-order valence-electron chi connectivity index (χ0n) is 9.27. The SMILES string of the molecule is CC(C)=CCCC(C)=CC=O.O=S(O)O. The Labute approximate surface area is 93.2 Å². The molecule has 0 aromatic heterocycles. The summed E-state index contributed by atoms with van der Waals surface area (Å²) in [5.41, 5.74) is 2.49. The van der Waals surface area contributed by atoms with Crippen LogP contribution in [0.25, 0.3) is 0 Å². The largest absolute Gasteiger partial charge is 0.299 e. The molecule has 0 bridgehead atoms. The van der Waals surface area contributed by atoms with Gasteiger partial charge in [-0.15, -0.1) is 0 Å². The van der Waals surface area contributed by atoms with Crippen molar-refractivity contribution in [3.8, 4) is 0 Å². The van der Waals surface area contributed by atoms with Gasteiger partial charge in [0.05, 0.1) is 0 Å². The molecule has 0 aliphatic heterocycles. The van der Waals surface area contributed by atoms with Crippen molar-refractivity contribution in [2.24, 2.45) is 0 Å². The molecule has 4 nitrogen and oxygen atoms in total. The normalized spacial score (nSPS) is 10.4. The zero-order chi connectivity index (χ0) is 12.3. The highest BCUT2D eigenvalue weighted by Gasteiger charge is 1.86. The molecule has 0 aliphatic carbocycles. The summed E-state index contributed by atoms with van der Waals surface area (Å²) in [5, 5.41) is 0. The lowest BCUT2D eigenvalue weighted by molar-refractivity contribution is -0.104. The van der Waals surface area contributed by atoms with E-state index in [1.54, 1.807) is 6.08 Å². The number of rotatable bonds is 4. The van der Waals surface area contributed by atoms with E-state index < -0.39 is 11.4 Å². The molecule has 0 aromatic carbocycles. The summed E-state index contributed by atoms with van der Waals surface area (Å²) in [4.78, 5) is 10.0. The molecule has 88 valence electrons. The fraction of sp³-hybridized carbons (Fsp3) is 0.500. The van der Waals surface area contributed by atoms with Crippen molar-refractivity contribution >= 4 is 17.6 Å². The minimum atomic E-state index is -2.61. The van der Waals surface area contributed by atoms with Gasteiger partial charge < -0.3 is 0 Å². The molecule has 5 heteroatoms. The number of carbonyl (C=O) groups is 1. The molecule has 0 fully saturated rings. The van der Waals surface area contributed by atoms with E-state index in [-0.39, 0.29) is 0 Å². The Morgan fingerprint density at radius 1 is 1.27 bits per heavy atom. The molecule has 0 unspecified atom stereocenters. The minimum absolute atomic E-state index is 0.845. The van der Waals surface area contributed by atoms with Crippen LogP contribution in [0, 0.1) is 0 Å². The number of aldehydes is 1. The van der Waals surface area contributed by atoms with Crippen molar-refractivity contribution in [2.45, 2.75) is 33.6 Å². The Hall–Kier alpha value is -0.780. The molecule has 0 saturated carbocycles. The summed E-state index contributed by atoms with van der Waals surface area (Å²) in [5.74, 6) is 0. The van der Waals surface area contributed by atoms with E-state index in [0.717, 1.165) is 24.7 Å². The van der Waals surface area contributed by atoms with E-state index >= 15 is 0 Å². The van der Waals surface area contributed by atoms with E-state index in [1.807, 2.05) is 6.92 Å². The molecule has 0 heterocycles. The van der Waals surface area contributed by atoms with Crippen LogP contribution in [0.5, 0.6) is 0 Å². The van der Waals surface area contributed by atoms with Gasteiger partial charge in [-0.05, 0) is 39.7 Å². The third kappa shape index (κ3) is 24.6. The maximum Gasteiger partial charge on any atom is 0.299 e. The molecule has 2 N–H and O–H groups in total. The molecule has 15 heavy (non-hydrogen) atoms.